The van der Waals surface area contributed by atoms with Crippen molar-refractivity contribution in [2.75, 3.05) is 26.3 Å². The van der Waals surface area contributed by atoms with Gasteiger partial charge in [-0.2, -0.15) is 0 Å². The monoisotopic (exact) mass is 530 g/mol. The van der Waals surface area contributed by atoms with E-state index in [0.29, 0.717) is 56.3 Å². The summed E-state index contributed by atoms with van der Waals surface area (Å²) in [5.41, 5.74) is 5.52. The van der Waals surface area contributed by atoms with E-state index in [-0.39, 0.29) is 41.5 Å². The van der Waals surface area contributed by atoms with Gasteiger partial charge < -0.3 is 20.0 Å². The van der Waals surface area contributed by atoms with Crippen molar-refractivity contribution in [1.29, 1.82) is 0 Å². The minimum Gasteiger partial charge on any atom is -0.466 e. The number of nitro groups is 1. The van der Waals surface area contributed by atoms with Gasteiger partial charge in [0, 0.05) is 23.3 Å². The minimum atomic E-state index is -0.369. The summed E-state index contributed by atoms with van der Waals surface area (Å²) >= 11 is 0. The summed E-state index contributed by atoms with van der Waals surface area (Å²) in [6.07, 6.45) is 6.81. The van der Waals surface area contributed by atoms with E-state index >= 15 is 0 Å². The molecule has 0 spiro atoms. The highest BCUT2D eigenvalue weighted by molar-refractivity contribution is 5.81. The van der Waals surface area contributed by atoms with Gasteiger partial charge in [0.2, 0.25) is 6.54 Å². The minimum absolute atomic E-state index is 0.146. The van der Waals surface area contributed by atoms with Crippen LogP contribution in [0.2, 0.25) is 0 Å². The Morgan fingerprint density at radius 1 is 0.865 bits per heavy atom. The van der Waals surface area contributed by atoms with Crippen LogP contribution in [0.4, 0.5) is 0 Å². The van der Waals surface area contributed by atoms with Crippen LogP contribution < -0.4 is 5.73 Å². The molecular formula is C28H54N2O7. The first-order valence-corrected chi connectivity index (χ1v) is 13.5. The molecule has 2 N–H and O–H groups in total. The molecule has 2 atom stereocenters. The topological polar surface area (TPSA) is 139 Å². The van der Waals surface area contributed by atoms with E-state index in [1.54, 1.807) is 20.8 Å². The molecule has 0 aliphatic rings. The van der Waals surface area contributed by atoms with Crippen molar-refractivity contribution in [2.45, 2.75) is 94.4 Å². The van der Waals surface area contributed by atoms with E-state index in [0.717, 1.165) is 12.8 Å². The third-order valence-corrected chi connectivity index (χ3v) is 4.83. The third kappa shape index (κ3) is 33.7. The van der Waals surface area contributed by atoms with Crippen molar-refractivity contribution >= 4 is 17.7 Å². The highest BCUT2D eigenvalue weighted by atomic mass is 16.6. The molecule has 0 heterocycles. The number of ketones is 1. The number of hydrogen-bond acceptors (Lipinski definition) is 8. The molecule has 2 unspecified atom stereocenters. The van der Waals surface area contributed by atoms with Crippen molar-refractivity contribution in [3.63, 3.8) is 0 Å². The van der Waals surface area contributed by atoms with Gasteiger partial charge in [-0.15, -0.1) is 0 Å². The molecule has 37 heavy (non-hydrogen) atoms. The summed E-state index contributed by atoms with van der Waals surface area (Å²) in [7, 11) is 0. The van der Waals surface area contributed by atoms with Crippen LogP contribution in [0.1, 0.15) is 94.4 Å². The summed E-state index contributed by atoms with van der Waals surface area (Å²) in [5, 5.41) is 10.4. The lowest BCUT2D eigenvalue weighted by Gasteiger charge is -2.14. The Kier molecular flexibility index (Phi) is 26.9. The highest BCUT2D eigenvalue weighted by Gasteiger charge is 2.21. The second-order valence-electron chi connectivity index (χ2n) is 10.4. The molecule has 9 heteroatoms. The third-order valence-electron chi connectivity index (χ3n) is 4.83. The summed E-state index contributed by atoms with van der Waals surface area (Å²) < 4.78 is 9.47. The molecule has 0 bridgehead atoms. The van der Waals surface area contributed by atoms with Gasteiger partial charge in [-0.1, -0.05) is 47.6 Å². The van der Waals surface area contributed by atoms with E-state index in [9.17, 15) is 24.5 Å². The number of allylic oxidation sites excluding steroid dienone is 1. The Morgan fingerprint density at radius 2 is 1.38 bits per heavy atom. The molecule has 0 fully saturated rings. The first-order chi connectivity index (χ1) is 17.2. The molecule has 0 radical (unpaired) electrons. The summed E-state index contributed by atoms with van der Waals surface area (Å²) in [6.45, 7) is 18.9. The Bertz CT molecular complexity index is 646. The number of nitrogens with zero attached hydrogens (tertiary/aromatic N) is 1. The molecule has 9 nitrogen and oxygen atoms in total. The molecule has 0 aromatic rings. The lowest BCUT2D eigenvalue weighted by atomic mass is 9.93. The number of esters is 2. The molecule has 0 amide bonds. The van der Waals surface area contributed by atoms with Gasteiger partial charge in [0.1, 0.15) is 5.78 Å². The number of hydrogen-bond donors (Lipinski definition) is 1. The van der Waals surface area contributed by atoms with E-state index in [1.807, 2.05) is 19.9 Å². The number of Topliss-reactive ketones (excluding diaryl/α,β-unsaturated/α-hetero) is 1. The van der Waals surface area contributed by atoms with Crippen LogP contribution in [-0.2, 0) is 23.9 Å². The van der Waals surface area contributed by atoms with Crippen LogP contribution in [0.3, 0.4) is 0 Å². The van der Waals surface area contributed by atoms with Crippen LogP contribution in [0.15, 0.2) is 12.2 Å². The first kappa shape index (κ1) is 39.2. The van der Waals surface area contributed by atoms with Gasteiger partial charge in [0.05, 0.1) is 19.6 Å². The van der Waals surface area contributed by atoms with Crippen LogP contribution in [0, 0.1) is 39.7 Å². The lowest BCUT2D eigenvalue weighted by Crippen LogP contribution is -2.21. The molecule has 0 aliphatic carbocycles. The predicted octanol–water partition coefficient (Wildman–Crippen LogP) is 5.62. The van der Waals surface area contributed by atoms with E-state index in [4.69, 9.17) is 15.2 Å². The van der Waals surface area contributed by atoms with Crippen molar-refractivity contribution < 1.29 is 28.8 Å². The molecule has 0 rings (SSSR count). The average molecular weight is 531 g/mol. The van der Waals surface area contributed by atoms with Crippen molar-refractivity contribution in [1.82, 2.24) is 0 Å². The zero-order valence-corrected chi connectivity index (χ0v) is 24.8. The van der Waals surface area contributed by atoms with Gasteiger partial charge in [-0.05, 0) is 70.3 Å². The number of carbonyl (C=O) groups is 3. The van der Waals surface area contributed by atoms with Crippen molar-refractivity contribution in [3.8, 4) is 0 Å². The van der Waals surface area contributed by atoms with Crippen LogP contribution >= 0.6 is 0 Å². The Hall–Kier alpha value is -2.29. The maximum absolute atomic E-state index is 11.2. The predicted molar refractivity (Wildman–Crippen MR) is 149 cm³/mol. The standard InChI is InChI=1S/C10H19NO4.C9H19NO.C9H16O2/c1-4-15-10(12)6-9(5-8(2)3)7-11(13)14;1-7(2)4-9(6-10)5-8(3)11;1-4-11-9(10)7-5-6-8(2)3/h8-9H,4-7H2,1-3H3;7,9H,4-6,10H2,1-3H3;5,7-8H,4,6H2,1-3H3/b;;7-5+. The Morgan fingerprint density at radius 3 is 1.76 bits per heavy atom. The molecule has 0 aromatic heterocycles. The lowest BCUT2D eigenvalue weighted by molar-refractivity contribution is -0.488. The first-order valence-electron chi connectivity index (χ1n) is 13.5. The van der Waals surface area contributed by atoms with Gasteiger partial charge in [0.15, 0.2) is 0 Å². The van der Waals surface area contributed by atoms with Crippen molar-refractivity contribution in [3.05, 3.63) is 22.3 Å². The van der Waals surface area contributed by atoms with Gasteiger partial charge >= 0.3 is 11.9 Å². The maximum atomic E-state index is 11.2. The van der Waals surface area contributed by atoms with Crippen LogP contribution in [-0.4, -0.2) is 48.9 Å². The van der Waals surface area contributed by atoms with E-state index in [1.165, 1.54) is 6.08 Å². The molecular weight excluding hydrogens is 476 g/mol. The smallest absolute Gasteiger partial charge is 0.330 e. The zero-order valence-electron chi connectivity index (χ0n) is 24.8. The normalized spacial score (nSPS) is 12.4. The van der Waals surface area contributed by atoms with Crippen molar-refractivity contribution in [2.24, 2.45) is 35.3 Å². The summed E-state index contributed by atoms with van der Waals surface area (Å²) in [5.74, 6) is 1.44. The van der Waals surface area contributed by atoms with E-state index in [2.05, 4.69) is 27.7 Å². The molecule has 0 aromatic carbocycles. The average Bonchev–Trinajstić information content (AvgIpc) is 2.72. The second-order valence-corrected chi connectivity index (χ2v) is 10.4. The maximum Gasteiger partial charge on any atom is 0.330 e. The SMILES string of the molecule is CC(=O)CC(CN)CC(C)C.CCOC(=O)/C=C/CC(C)C.CCOC(=O)CC(CC(C)C)C[N+](=O)[O-]. The largest absolute Gasteiger partial charge is 0.466 e. The van der Waals surface area contributed by atoms with Gasteiger partial charge in [-0.25, -0.2) is 4.79 Å². The zero-order chi connectivity index (χ0) is 29.4. The Balaban J connectivity index is -0.000000478. The number of ether oxygens (including phenoxy) is 2. The quantitative estimate of drug-likeness (QED) is 0.117. The molecule has 0 aliphatic heterocycles. The number of carbonyl (C=O) groups excluding carboxylic acids is 3. The van der Waals surface area contributed by atoms with Crippen LogP contribution in [0.5, 0.6) is 0 Å². The van der Waals surface area contributed by atoms with Gasteiger partial charge in [-0.3, -0.25) is 14.9 Å². The van der Waals surface area contributed by atoms with Gasteiger partial charge in [0.25, 0.3) is 0 Å². The summed E-state index contributed by atoms with van der Waals surface area (Å²) in [4.78, 5) is 42.6. The highest BCUT2D eigenvalue weighted by Crippen LogP contribution is 2.16. The fraction of sp³-hybridized carbons (Fsp3) is 0.821. The summed E-state index contributed by atoms with van der Waals surface area (Å²) in [6, 6.07) is 0. The molecule has 0 saturated heterocycles. The molecule has 218 valence electrons. The number of nitrogens with two attached hydrogens (primary N) is 1. The fourth-order valence-corrected chi connectivity index (χ4v) is 3.52. The number of rotatable bonds is 16. The fourth-order valence-electron chi connectivity index (χ4n) is 3.52. The molecule has 0 saturated carbocycles. The second kappa shape index (κ2) is 25.4. The van der Waals surface area contributed by atoms with Crippen LogP contribution in [0.25, 0.3) is 0 Å². The Labute approximate surface area is 225 Å². The van der Waals surface area contributed by atoms with E-state index < -0.39 is 0 Å².